The summed E-state index contributed by atoms with van der Waals surface area (Å²) < 4.78 is 24.9. The smallest absolute Gasteiger partial charge is 0.261 e. The number of thiophene rings is 1. The Morgan fingerprint density at radius 1 is 1.45 bits per heavy atom. The zero-order valence-corrected chi connectivity index (χ0v) is 13.5. The molecule has 112 valence electrons. The molecular formula is C12H17ClN2O3S2. The molecule has 0 unspecified atom stereocenters. The second-order valence-corrected chi connectivity index (χ2v) is 8.62. The number of halogens is 1. The van der Waals surface area contributed by atoms with Gasteiger partial charge in [0.05, 0.1) is 15.5 Å². The first-order chi connectivity index (χ1) is 9.36. The number of rotatable bonds is 4. The minimum absolute atomic E-state index is 0.118. The van der Waals surface area contributed by atoms with Gasteiger partial charge in [0.15, 0.2) is 0 Å². The van der Waals surface area contributed by atoms with Gasteiger partial charge in [-0.3, -0.25) is 4.79 Å². The third-order valence-electron chi connectivity index (χ3n) is 3.39. The SMILES string of the molecule is CS(=O)(=O)N1CCC(CNC(=O)c2ccc(Cl)s2)CC1. The highest BCUT2D eigenvalue weighted by Gasteiger charge is 2.25. The molecule has 0 atom stereocenters. The van der Waals surface area contributed by atoms with Gasteiger partial charge in [-0.15, -0.1) is 11.3 Å². The van der Waals surface area contributed by atoms with Gasteiger partial charge in [0.2, 0.25) is 10.0 Å². The fraction of sp³-hybridized carbons (Fsp3) is 0.583. The standard InChI is InChI=1S/C12H17ClN2O3S2/c1-20(17,18)15-6-4-9(5-7-15)8-14-12(16)10-2-3-11(13)19-10/h2-3,9H,4-8H2,1H3,(H,14,16). The van der Waals surface area contributed by atoms with Gasteiger partial charge in [0.25, 0.3) is 5.91 Å². The first-order valence-electron chi connectivity index (χ1n) is 6.35. The monoisotopic (exact) mass is 336 g/mol. The van der Waals surface area contributed by atoms with Crippen LogP contribution in [0.2, 0.25) is 4.34 Å². The molecule has 2 rings (SSSR count). The van der Waals surface area contributed by atoms with Crippen molar-refractivity contribution < 1.29 is 13.2 Å². The van der Waals surface area contributed by atoms with E-state index in [9.17, 15) is 13.2 Å². The number of hydrogen-bond donors (Lipinski definition) is 1. The average Bonchev–Trinajstić information content (AvgIpc) is 2.82. The highest BCUT2D eigenvalue weighted by molar-refractivity contribution is 7.88. The van der Waals surface area contributed by atoms with Gasteiger partial charge in [-0.2, -0.15) is 0 Å². The van der Waals surface area contributed by atoms with Gasteiger partial charge < -0.3 is 5.32 Å². The molecular weight excluding hydrogens is 320 g/mol. The third kappa shape index (κ3) is 4.18. The average molecular weight is 337 g/mol. The summed E-state index contributed by atoms with van der Waals surface area (Å²) in [5.41, 5.74) is 0. The van der Waals surface area contributed by atoms with E-state index in [-0.39, 0.29) is 5.91 Å². The number of hydrogen-bond acceptors (Lipinski definition) is 4. The van der Waals surface area contributed by atoms with Gasteiger partial charge in [0.1, 0.15) is 0 Å². The van der Waals surface area contributed by atoms with Crippen LogP contribution in [0.1, 0.15) is 22.5 Å². The number of nitrogens with zero attached hydrogens (tertiary/aromatic N) is 1. The summed E-state index contributed by atoms with van der Waals surface area (Å²) in [5, 5.41) is 2.88. The number of nitrogens with one attached hydrogen (secondary N) is 1. The highest BCUT2D eigenvalue weighted by atomic mass is 35.5. The van der Waals surface area contributed by atoms with Gasteiger partial charge in [0, 0.05) is 19.6 Å². The molecule has 8 heteroatoms. The fourth-order valence-corrected chi connectivity index (χ4v) is 4.04. The molecule has 1 aromatic rings. The van der Waals surface area contributed by atoms with Crippen LogP contribution < -0.4 is 5.32 Å². The summed E-state index contributed by atoms with van der Waals surface area (Å²) in [5.74, 6) is 0.208. The van der Waals surface area contributed by atoms with Crippen LogP contribution in [0, 0.1) is 5.92 Å². The lowest BCUT2D eigenvalue weighted by atomic mass is 9.98. The fourth-order valence-electron chi connectivity index (χ4n) is 2.21. The molecule has 1 saturated heterocycles. The Bertz CT molecular complexity index is 577. The van der Waals surface area contributed by atoms with Crippen molar-refractivity contribution in [3.63, 3.8) is 0 Å². The summed E-state index contributed by atoms with van der Waals surface area (Å²) in [6.07, 6.45) is 2.78. The molecule has 1 N–H and O–H groups in total. The summed E-state index contributed by atoms with van der Waals surface area (Å²) in [7, 11) is -3.09. The molecule has 0 bridgehead atoms. The number of amides is 1. The van der Waals surface area contributed by atoms with Crippen molar-refractivity contribution >= 4 is 38.9 Å². The van der Waals surface area contributed by atoms with Gasteiger partial charge >= 0.3 is 0 Å². The topological polar surface area (TPSA) is 66.5 Å². The molecule has 0 spiro atoms. The van der Waals surface area contributed by atoms with E-state index in [4.69, 9.17) is 11.6 Å². The quantitative estimate of drug-likeness (QED) is 0.911. The maximum atomic E-state index is 11.9. The Morgan fingerprint density at radius 3 is 2.60 bits per heavy atom. The summed E-state index contributed by atoms with van der Waals surface area (Å²) in [6.45, 7) is 1.64. The van der Waals surface area contributed by atoms with E-state index >= 15 is 0 Å². The third-order valence-corrected chi connectivity index (χ3v) is 5.92. The van der Waals surface area contributed by atoms with E-state index in [2.05, 4.69) is 5.32 Å². The molecule has 5 nitrogen and oxygen atoms in total. The zero-order valence-electron chi connectivity index (χ0n) is 11.1. The second-order valence-electron chi connectivity index (χ2n) is 4.92. The van der Waals surface area contributed by atoms with Crippen molar-refractivity contribution in [2.45, 2.75) is 12.8 Å². The Kier molecular flexibility index (Phi) is 5.06. The lowest BCUT2D eigenvalue weighted by molar-refractivity contribution is 0.0945. The van der Waals surface area contributed by atoms with E-state index in [1.165, 1.54) is 21.9 Å². The number of piperidine rings is 1. The molecule has 2 heterocycles. The van der Waals surface area contributed by atoms with Crippen LogP contribution in [0.25, 0.3) is 0 Å². The van der Waals surface area contributed by atoms with Gasteiger partial charge in [-0.1, -0.05) is 11.6 Å². The Hall–Kier alpha value is -0.630. The Labute approximate surface area is 128 Å². The van der Waals surface area contributed by atoms with Crippen LogP contribution in [-0.4, -0.2) is 44.5 Å². The lowest BCUT2D eigenvalue weighted by Gasteiger charge is -2.30. The van der Waals surface area contributed by atoms with Crippen molar-refractivity contribution in [3.8, 4) is 0 Å². The maximum Gasteiger partial charge on any atom is 0.261 e. The molecule has 0 saturated carbocycles. The van der Waals surface area contributed by atoms with E-state index in [1.54, 1.807) is 12.1 Å². The van der Waals surface area contributed by atoms with Crippen LogP contribution >= 0.6 is 22.9 Å². The minimum atomic E-state index is -3.09. The molecule has 0 aromatic carbocycles. The van der Waals surface area contributed by atoms with Crippen LogP contribution in [0.15, 0.2) is 12.1 Å². The first kappa shape index (κ1) is 15.8. The summed E-state index contributed by atoms with van der Waals surface area (Å²) in [6, 6.07) is 3.40. The Balaban J connectivity index is 1.78. The molecule has 1 aromatic heterocycles. The molecule has 0 aliphatic carbocycles. The number of carbonyl (C=O) groups excluding carboxylic acids is 1. The van der Waals surface area contributed by atoms with Crippen LogP contribution in [0.3, 0.4) is 0 Å². The number of carbonyl (C=O) groups is 1. The summed E-state index contributed by atoms with van der Waals surface area (Å²) >= 11 is 7.04. The van der Waals surface area contributed by atoms with Crippen LogP contribution in [-0.2, 0) is 10.0 Å². The largest absolute Gasteiger partial charge is 0.351 e. The molecule has 0 radical (unpaired) electrons. The predicted octanol–water partition coefficient (Wildman–Crippen LogP) is 1.80. The first-order valence-corrected chi connectivity index (χ1v) is 9.39. The second kappa shape index (κ2) is 6.43. The van der Waals surface area contributed by atoms with E-state index in [0.717, 1.165) is 12.8 Å². The van der Waals surface area contributed by atoms with Crippen LogP contribution in [0.5, 0.6) is 0 Å². The van der Waals surface area contributed by atoms with Gasteiger partial charge in [-0.05, 0) is 30.9 Å². The molecule has 1 fully saturated rings. The normalized spacial score (nSPS) is 18.1. The van der Waals surface area contributed by atoms with Crippen LogP contribution in [0.4, 0.5) is 0 Å². The Morgan fingerprint density at radius 2 is 2.10 bits per heavy atom. The highest BCUT2D eigenvalue weighted by Crippen LogP contribution is 2.22. The van der Waals surface area contributed by atoms with E-state index in [1.807, 2.05) is 0 Å². The van der Waals surface area contributed by atoms with E-state index in [0.29, 0.717) is 34.8 Å². The van der Waals surface area contributed by atoms with Crippen molar-refractivity contribution in [1.29, 1.82) is 0 Å². The summed E-state index contributed by atoms with van der Waals surface area (Å²) in [4.78, 5) is 12.5. The number of sulfonamides is 1. The molecule has 20 heavy (non-hydrogen) atoms. The van der Waals surface area contributed by atoms with Crippen molar-refractivity contribution in [3.05, 3.63) is 21.3 Å². The molecule has 1 aliphatic heterocycles. The van der Waals surface area contributed by atoms with Gasteiger partial charge in [-0.25, -0.2) is 12.7 Å². The molecule has 1 aliphatic rings. The predicted molar refractivity (Wildman–Crippen MR) is 80.8 cm³/mol. The van der Waals surface area contributed by atoms with Crippen molar-refractivity contribution in [2.75, 3.05) is 25.9 Å². The minimum Gasteiger partial charge on any atom is -0.351 e. The lowest BCUT2D eigenvalue weighted by Crippen LogP contribution is -2.41. The maximum absolute atomic E-state index is 11.9. The zero-order chi connectivity index (χ0) is 14.8. The van der Waals surface area contributed by atoms with Crippen molar-refractivity contribution in [1.82, 2.24) is 9.62 Å². The molecule has 1 amide bonds. The van der Waals surface area contributed by atoms with E-state index < -0.39 is 10.0 Å². The van der Waals surface area contributed by atoms with Crippen molar-refractivity contribution in [2.24, 2.45) is 5.92 Å².